The van der Waals surface area contributed by atoms with Gasteiger partial charge in [-0.3, -0.25) is 0 Å². The highest BCUT2D eigenvalue weighted by Crippen LogP contribution is 2.48. The number of fused-ring (bicyclic) bond motifs is 17. The van der Waals surface area contributed by atoms with Gasteiger partial charge in [-0.1, -0.05) is 84.9 Å². The third kappa shape index (κ3) is 2.65. The highest BCUT2D eigenvalue weighted by molar-refractivity contribution is 6.32. The summed E-state index contributed by atoms with van der Waals surface area (Å²) >= 11 is 0. The molecule has 7 aromatic carbocycles. The molecular formula is C42H21NO3. The van der Waals surface area contributed by atoms with E-state index in [-0.39, 0.29) is 0 Å². The average Bonchev–Trinajstić information content (AvgIpc) is 3.90. The number of furan rings is 3. The fraction of sp³-hybridized carbons (Fsp3) is 0. The number of nitrogens with zero attached hydrogens (tertiary/aromatic N) is 1. The van der Waals surface area contributed by atoms with E-state index in [9.17, 15) is 0 Å². The summed E-state index contributed by atoms with van der Waals surface area (Å²) in [5.74, 6) is 0. The van der Waals surface area contributed by atoms with Crippen LogP contribution in [0, 0.1) is 0 Å². The zero-order valence-corrected chi connectivity index (χ0v) is 24.3. The Morgan fingerprint density at radius 3 is 1.30 bits per heavy atom. The molecule has 5 aromatic heterocycles. The van der Waals surface area contributed by atoms with Gasteiger partial charge in [0, 0.05) is 59.4 Å². The lowest BCUT2D eigenvalue weighted by atomic mass is 9.97. The van der Waals surface area contributed by atoms with Gasteiger partial charge in [0.1, 0.15) is 22.3 Å². The Labute approximate surface area is 259 Å². The number of para-hydroxylation sites is 4. The van der Waals surface area contributed by atoms with Crippen LogP contribution in [-0.2, 0) is 0 Å². The summed E-state index contributed by atoms with van der Waals surface area (Å²) in [4.78, 5) is 0. The normalized spacial score (nSPS) is 12.8. The zero-order chi connectivity index (χ0) is 29.7. The maximum Gasteiger partial charge on any atom is 0.160 e. The van der Waals surface area contributed by atoms with E-state index in [0.717, 1.165) is 98.7 Å². The Bertz CT molecular complexity index is 3100. The number of rotatable bonds is 1. The molecule has 0 amide bonds. The maximum atomic E-state index is 6.69. The first kappa shape index (κ1) is 23.2. The smallest absolute Gasteiger partial charge is 0.160 e. The van der Waals surface area contributed by atoms with Gasteiger partial charge in [-0.25, -0.2) is 0 Å². The molecule has 0 spiro atoms. The molecule has 0 aliphatic carbocycles. The lowest BCUT2D eigenvalue weighted by molar-refractivity contribution is 0.669. The molecule has 0 bridgehead atoms. The van der Waals surface area contributed by atoms with E-state index >= 15 is 0 Å². The number of hydrogen-bond acceptors (Lipinski definition) is 3. The topological polar surface area (TPSA) is 43.8 Å². The Morgan fingerprint density at radius 1 is 0.326 bits per heavy atom. The summed E-state index contributed by atoms with van der Waals surface area (Å²) in [6.45, 7) is 0. The van der Waals surface area contributed by atoms with E-state index in [2.05, 4.69) is 108 Å². The van der Waals surface area contributed by atoms with Gasteiger partial charge in [-0.2, -0.15) is 0 Å². The molecule has 0 aliphatic rings. The van der Waals surface area contributed by atoms with Crippen LogP contribution in [0.1, 0.15) is 0 Å². The molecule has 0 radical (unpaired) electrons. The lowest BCUT2D eigenvalue weighted by Crippen LogP contribution is -1.82. The van der Waals surface area contributed by atoms with Crippen molar-refractivity contribution in [3.05, 3.63) is 127 Å². The minimum Gasteiger partial charge on any atom is -0.455 e. The Kier molecular flexibility index (Phi) is 3.96. The highest BCUT2D eigenvalue weighted by Gasteiger charge is 2.25. The molecule has 0 saturated carbocycles. The monoisotopic (exact) mass is 587 g/mol. The van der Waals surface area contributed by atoms with Crippen molar-refractivity contribution in [2.75, 3.05) is 0 Å². The van der Waals surface area contributed by atoms with E-state index in [0.29, 0.717) is 0 Å². The van der Waals surface area contributed by atoms with Crippen molar-refractivity contribution in [3.8, 4) is 11.1 Å². The van der Waals surface area contributed by atoms with Crippen LogP contribution in [-0.4, -0.2) is 4.40 Å². The van der Waals surface area contributed by atoms with Crippen molar-refractivity contribution in [1.29, 1.82) is 0 Å². The fourth-order valence-corrected chi connectivity index (χ4v) is 8.18. The minimum absolute atomic E-state index is 0.890. The van der Waals surface area contributed by atoms with Crippen LogP contribution < -0.4 is 0 Å². The van der Waals surface area contributed by atoms with Crippen molar-refractivity contribution in [2.24, 2.45) is 0 Å². The lowest BCUT2D eigenvalue weighted by Gasteiger charge is -2.05. The Balaban J connectivity index is 1.32. The van der Waals surface area contributed by atoms with Crippen molar-refractivity contribution in [3.63, 3.8) is 0 Å². The van der Waals surface area contributed by atoms with E-state index < -0.39 is 0 Å². The molecule has 0 aliphatic heterocycles. The van der Waals surface area contributed by atoms with E-state index in [1.165, 1.54) is 16.3 Å². The predicted molar refractivity (Wildman–Crippen MR) is 188 cm³/mol. The summed E-state index contributed by atoms with van der Waals surface area (Å²) in [6, 6.07) is 44.9. The van der Waals surface area contributed by atoms with E-state index in [4.69, 9.17) is 13.3 Å². The second-order valence-corrected chi connectivity index (χ2v) is 12.4. The summed E-state index contributed by atoms with van der Waals surface area (Å²) in [7, 11) is 0. The van der Waals surface area contributed by atoms with Crippen LogP contribution >= 0.6 is 0 Å². The van der Waals surface area contributed by atoms with Gasteiger partial charge in [-0.15, -0.1) is 0 Å². The third-order valence-corrected chi connectivity index (χ3v) is 10.1. The molecule has 212 valence electrons. The highest BCUT2D eigenvalue weighted by atomic mass is 16.3. The molecule has 4 nitrogen and oxygen atoms in total. The van der Waals surface area contributed by atoms with E-state index in [1.807, 2.05) is 24.3 Å². The van der Waals surface area contributed by atoms with Gasteiger partial charge >= 0.3 is 0 Å². The quantitative estimate of drug-likeness (QED) is 0.192. The summed E-state index contributed by atoms with van der Waals surface area (Å²) < 4.78 is 22.3. The van der Waals surface area contributed by atoms with Crippen LogP contribution in [0.25, 0.3) is 115 Å². The van der Waals surface area contributed by atoms with Crippen molar-refractivity contribution >= 4 is 104 Å². The molecule has 0 unspecified atom stereocenters. The van der Waals surface area contributed by atoms with Crippen LogP contribution in [0.2, 0.25) is 0 Å². The van der Waals surface area contributed by atoms with E-state index in [1.54, 1.807) is 0 Å². The SMILES string of the molecule is c1ccc2c(c1)oc1c(-c3cc4c5ccc6c7ccccc7oc6c5n5c4c(c3)c3ccc4c6ccccc6oc4c35)cccc12. The first-order valence-electron chi connectivity index (χ1n) is 15.6. The molecule has 4 heteroatoms. The Hall–Kier alpha value is -6.26. The minimum atomic E-state index is 0.890. The average molecular weight is 588 g/mol. The van der Waals surface area contributed by atoms with Crippen LogP contribution in [0.4, 0.5) is 0 Å². The van der Waals surface area contributed by atoms with Crippen molar-refractivity contribution in [1.82, 2.24) is 4.40 Å². The van der Waals surface area contributed by atoms with Gasteiger partial charge in [-0.05, 0) is 48.0 Å². The summed E-state index contributed by atoms with van der Waals surface area (Å²) in [6.07, 6.45) is 0. The predicted octanol–water partition coefficient (Wildman–Crippen LogP) is 12.2. The summed E-state index contributed by atoms with van der Waals surface area (Å²) in [5, 5.41) is 11.4. The van der Waals surface area contributed by atoms with Gasteiger partial charge in [0.15, 0.2) is 11.2 Å². The second kappa shape index (κ2) is 7.87. The number of hydrogen-bond donors (Lipinski definition) is 0. The first-order chi connectivity index (χ1) is 22.8. The molecule has 0 saturated heterocycles. The maximum absolute atomic E-state index is 6.69. The number of aromatic nitrogens is 1. The van der Waals surface area contributed by atoms with Crippen molar-refractivity contribution in [2.45, 2.75) is 0 Å². The van der Waals surface area contributed by atoms with Crippen LogP contribution in [0.5, 0.6) is 0 Å². The number of benzene rings is 7. The molecular weight excluding hydrogens is 566 g/mol. The molecule has 0 fully saturated rings. The van der Waals surface area contributed by atoms with Crippen molar-refractivity contribution < 1.29 is 13.3 Å². The molecule has 12 aromatic rings. The van der Waals surface area contributed by atoms with Gasteiger partial charge < -0.3 is 17.7 Å². The first-order valence-corrected chi connectivity index (χ1v) is 15.6. The fourth-order valence-electron chi connectivity index (χ4n) is 8.18. The standard InChI is InChI=1S/C42H21NO3/c1-4-13-34-24(8-1)29-12-7-11-23(40(29)44-34)22-20-32-27-16-18-30-25-9-2-5-14-35(25)45-41(30)38(27)43-37(32)33(21-22)28-17-19-31-26-10-3-6-15-36(26)46-42(31)39(28)43/h1-21H. The Morgan fingerprint density at radius 2 is 0.761 bits per heavy atom. The van der Waals surface area contributed by atoms with Gasteiger partial charge in [0.2, 0.25) is 0 Å². The zero-order valence-electron chi connectivity index (χ0n) is 24.3. The molecule has 0 atom stereocenters. The molecule has 12 rings (SSSR count). The van der Waals surface area contributed by atoms with Gasteiger partial charge in [0.05, 0.1) is 16.6 Å². The van der Waals surface area contributed by atoms with Crippen LogP contribution in [0.15, 0.2) is 141 Å². The molecule has 0 N–H and O–H groups in total. The van der Waals surface area contributed by atoms with Gasteiger partial charge in [0.25, 0.3) is 0 Å². The van der Waals surface area contributed by atoms with Crippen LogP contribution in [0.3, 0.4) is 0 Å². The summed E-state index contributed by atoms with van der Waals surface area (Å²) in [5.41, 5.74) is 10.9. The molecule has 5 heterocycles. The third-order valence-electron chi connectivity index (χ3n) is 10.1. The molecule has 46 heavy (non-hydrogen) atoms. The largest absolute Gasteiger partial charge is 0.455 e. The second-order valence-electron chi connectivity index (χ2n) is 12.4.